The monoisotopic (exact) mass is 262 g/mol. The van der Waals surface area contributed by atoms with Gasteiger partial charge in [0.25, 0.3) is 0 Å². The molecule has 2 aromatic rings. The molecule has 0 saturated heterocycles. The quantitative estimate of drug-likeness (QED) is 0.872. The van der Waals surface area contributed by atoms with Crippen molar-refractivity contribution in [2.45, 2.75) is 12.5 Å². The van der Waals surface area contributed by atoms with Crippen LogP contribution < -0.4 is 15.2 Å². The summed E-state index contributed by atoms with van der Waals surface area (Å²) in [6, 6.07) is 5.51. The highest BCUT2D eigenvalue weighted by Gasteiger charge is 2.13. The van der Waals surface area contributed by atoms with Crippen LogP contribution in [0.1, 0.15) is 17.4 Å². The van der Waals surface area contributed by atoms with Crippen LogP contribution in [0.25, 0.3) is 0 Å². The van der Waals surface area contributed by atoms with E-state index in [0.717, 1.165) is 11.4 Å². The van der Waals surface area contributed by atoms with Crippen LogP contribution in [0.5, 0.6) is 11.5 Å². The molecule has 1 unspecified atom stereocenters. The minimum atomic E-state index is -0.164. The second-order valence-corrected chi connectivity index (χ2v) is 4.22. The van der Waals surface area contributed by atoms with Crippen molar-refractivity contribution in [3.63, 3.8) is 0 Å². The maximum Gasteiger partial charge on any atom is 0.161 e. The van der Waals surface area contributed by atoms with E-state index in [4.69, 9.17) is 15.2 Å². The average Bonchev–Trinajstić information content (AvgIpc) is 2.83. The summed E-state index contributed by atoms with van der Waals surface area (Å²) in [7, 11) is 5.07. The summed E-state index contributed by atoms with van der Waals surface area (Å²) in [5.74, 6) is 2.22. The molecular weight excluding hydrogens is 244 g/mol. The zero-order valence-corrected chi connectivity index (χ0v) is 11.3. The van der Waals surface area contributed by atoms with E-state index in [1.54, 1.807) is 18.9 Å². The van der Waals surface area contributed by atoms with Crippen molar-refractivity contribution in [2.24, 2.45) is 12.8 Å². The van der Waals surface area contributed by atoms with Crippen LogP contribution in [-0.4, -0.2) is 29.0 Å². The number of hydrogen-bond acceptors (Lipinski definition) is 5. The van der Waals surface area contributed by atoms with Crippen LogP contribution in [0.4, 0.5) is 0 Å². The van der Waals surface area contributed by atoms with Gasteiger partial charge in [-0.1, -0.05) is 6.07 Å². The Kier molecular flexibility index (Phi) is 4.01. The van der Waals surface area contributed by atoms with Crippen molar-refractivity contribution in [3.05, 3.63) is 35.9 Å². The predicted octanol–water partition coefficient (Wildman–Crippen LogP) is 1.07. The SMILES string of the molecule is COc1ccc(C(N)Cc2ncnn2C)cc1OC. The van der Waals surface area contributed by atoms with E-state index in [2.05, 4.69) is 10.1 Å². The first-order valence-corrected chi connectivity index (χ1v) is 5.96. The number of ether oxygens (including phenoxy) is 2. The Morgan fingerprint density at radius 1 is 1.26 bits per heavy atom. The first-order valence-electron chi connectivity index (χ1n) is 5.96. The summed E-state index contributed by atoms with van der Waals surface area (Å²) in [6.07, 6.45) is 2.14. The summed E-state index contributed by atoms with van der Waals surface area (Å²) < 4.78 is 12.2. The van der Waals surface area contributed by atoms with Crippen LogP contribution >= 0.6 is 0 Å². The maximum atomic E-state index is 6.19. The molecular formula is C13H18N4O2. The molecule has 102 valence electrons. The molecule has 0 amide bonds. The Balaban J connectivity index is 2.19. The van der Waals surface area contributed by atoms with Gasteiger partial charge in [0.05, 0.1) is 14.2 Å². The van der Waals surface area contributed by atoms with Gasteiger partial charge in [-0.3, -0.25) is 4.68 Å². The largest absolute Gasteiger partial charge is 0.493 e. The molecule has 0 aliphatic carbocycles. The molecule has 0 aliphatic rings. The second-order valence-electron chi connectivity index (χ2n) is 4.22. The number of rotatable bonds is 5. The fourth-order valence-electron chi connectivity index (χ4n) is 1.90. The van der Waals surface area contributed by atoms with Crippen molar-refractivity contribution in [3.8, 4) is 11.5 Å². The van der Waals surface area contributed by atoms with Crippen molar-refractivity contribution < 1.29 is 9.47 Å². The maximum absolute atomic E-state index is 6.19. The number of methoxy groups -OCH3 is 2. The van der Waals surface area contributed by atoms with E-state index in [1.165, 1.54) is 6.33 Å². The third-order valence-corrected chi connectivity index (χ3v) is 3.04. The standard InChI is InChI=1S/C13H18N4O2/c1-17-13(15-8-16-17)7-10(14)9-4-5-11(18-2)12(6-9)19-3/h4-6,8,10H,7,14H2,1-3H3. The topological polar surface area (TPSA) is 75.2 Å². The summed E-state index contributed by atoms with van der Waals surface area (Å²) in [6.45, 7) is 0. The lowest BCUT2D eigenvalue weighted by atomic mass is 10.0. The molecule has 0 fully saturated rings. The fourth-order valence-corrected chi connectivity index (χ4v) is 1.90. The van der Waals surface area contributed by atoms with Gasteiger partial charge in [0.15, 0.2) is 11.5 Å². The Hall–Kier alpha value is -2.08. The molecule has 6 nitrogen and oxygen atoms in total. The second kappa shape index (κ2) is 5.71. The van der Waals surface area contributed by atoms with Gasteiger partial charge in [0.1, 0.15) is 12.2 Å². The molecule has 2 rings (SSSR count). The molecule has 1 aromatic carbocycles. The average molecular weight is 262 g/mol. The lowest BCUT2D eigenvalue weighted by molar-refractivity contribution is 0.354. The molecule has 0 radical (unpaired) electrons. The van der Waals surface area contributed by atoms with E-state index in [0.29, 0.717) is 17.9 Å². The Labute approximate surface area is 112 Å². The Morgan fingerprint density at radius 2 is 2.00 bits per heavy atom. The zero-order chi connectivity index (χ0) is 13.8. The minimum absolute atomic E-state index is 0.164. The van der Waals surface area contributed by atoms with Crippen LogP contribution in [0.3, 0.4) is 0 Å². The van der Waals surface area contributed by atoms with Crippen molar-refractivity contribution >= 4 is 0 Å². The number of aromatic nitrogens is 3. The molecule has 6 heteroatoms. The molecule has 0 aliphatic heterocycles. The van der Waals surface area contributed by atoms with Crippen molar-refractivity contribution in [2.75, 3.05) is 14.2 Å². The number of hydrogen-bond donors (Lipinski definition) is 1. The first-order chi connectivity index (χ1) is 9.15. The molecule has 1 aromatic heterocycles. The van der Waals surface area contributed by atoms with E-state index < -0.39 is 0 Å². The third-order valence-electron chi connectivity index (χ3n) is 3.04. The molecule has 0 saturated carbocycles. The van der Waals surface area contributed by atoms with Gasteiger partial charge in [0, 0.05) is 19.5 Å². The number of benzene rings is 1. The van der Waals surface area contributed by atoms with Gasteiger partial charge in [0.2, 0.25) is 0 Å². The highest BCUT2D eigenvalue weighted by Crippen LogP contribution is 2.30. The van der Waals surface area contributed by atoms with Gasteiger partial charge >= 0.3 is 0 Å². The fraction of sp³-hybridized carbons (Fsp3) is 0.385. The number of nitrogens with zero attached hydrogens (tertiary/aromatic N) is 3. The van der Waals surface area contributed by atoms with E-state index in [-0.39, 0.29) is 6.04 Å². The van der Waals surface area contributed by atoms with Gasteiger partial charge < -0.3 is 15.2 Å². The van der Waals surface area contributed by atoms with E-state index >= 15 is 0 Å². The molecule has 19 heavy (non-hydrogen) atoms. The smallest absolute Gasteiger partial charge is 0.161 e. The Bertz CT molecular complexity index is 553. The number of nitrogens with two attached hydrogens (primary N) is 1. The first kappa shape index (κ1) is 13.4. The van der Waals surface area contributed by atoms with E-state index in [1.807, 2.05) is 25.2 Å². The highest BCUT2D eigenvalue weighted by atomic mass is 16.5. The summed E-state index contributed by atoms with van der Waals surface area (Å²) in [5.41, 5.74) is 7.17. The molecule has 0 bridgehead atoms. The van der Waals surface area contributed by atoms with Gasteiger partial charge in [-0.15, -0.1) is 0 Å². The lowest BCUT2D eigenvalue weighted by Crippen LogP contribution is -2.16. The normalized spacial score (nSPS) is 12.2. The van der Waals surface area contributed by atoms with Crippen LogP contribution in [0.2, 0.25) is 0 Å². The highest BCUT2D eigenvalue weighted by molar-refractivity contribution is 5.43. The van der Waals surface area contributed by atoms with Crippen LogP contribution in [-0.2, 0) is 13.5 Å². The minimum Gasteiger partial charge on any atom is -0.493 e. The van der Waals surface area contributed by atoms with E-state index in [9.17, 15) is 0 Å². The zero-order valence-electron chi connectivity index (χ0n) is 11.3. The molecule has 2 N–H and O–H groups in total. The summed E-state index contributed by atoms with van der Waals surface area (Å²) >= 11 is 0. The van der Waals surface area contributed by atoms with Gasteiger partial charge in [-0.25, -0.2) is 4.98 Å². The molecule has 1 atom stereocenters. The lowest BCUT2D eigenvalue weighted by Gasteiger charge is -2.14. The third kappa shape index (κ3) is 2.85. The number of aryl methyl sites for hydroxylation is 1. The van der Waals surface area contributed by atoms with Crippen LogP contribution in [0.15, 0.2) is 24.5 Å². The van der Waals surface area contributed by atoms with Gasteiger partial charge in [-0.05, 0) is 17.7 Å². The van der Waals surface area contributed by atoms with Crippen LogP contribution in [0, 0.1) is 0 Å². The Morgan fingerprint density at radius 3 is 2.58 bits per heavy atom. The van der Waals surface area contributed by atoms with Crippen molar-refractivity contribution in [1.29, 1.82) is 0 Å². The molecule has 0 spiro atoms. The summed E-state index contributed by atoms with van der Waals surface area (Å²) in [5, 5.41) is 4.03. The summed E-state index contributed by atoms with van der Waals surface area (Å²) in [4.78, 5) is 4.17. The molecule has 1 heterocycles. The van der Waals surface area contributed by atoms with Gasteiger partial charge in [-0.2, -0.15) is 5.10 Å². The van der Waals surface area contributed by atoms with Crippen molar-refractivity contribution in [1.82, 2.24) is 14.8 Å². The predicted molar refractivity (Wildman–Crippen MR) is 71.2 cm³/mol.